The first-order valence-corrected chi connectivity index (χ1v) is 7.98. The van der Waals surface area contributed by atoms with E-state index in [1.807, 2.05) is 49.4 Å². The van der Waals surface area contributed by atoms with Gasteiger partial charge in [-0.3, -0.25) is 4.79 Å². The number of nitrogens with one attached hydrogen (secondary N) is 2. The summed E-state index contributed by atoms with van der Waals surface area (Å²) in [6, 6.07) is 15.8. The van der Waals surface area contributed by atoms with Gasteiger partial charge in [-0.05, 0) is 36.6 Å². The van der Waals surface area contributed by atoms with Crippen molar-refractivity contribution in [3.8, 4) is 0 Å². The average molecular weight is 307 g/mol. The normalized spacial score (nSPS) is 12.3. The van der Waals surface area contributed by atoms with Gasteiger partial charge in [-0.25, -0.2) is 4.98 Å². The number of carbonyl (C=O) groups excluding carboxylic acids is 1. The number of aryl methyl sites for hydroxylation is 1. The van der Waals surface area contributed by atoms with Crippen molar-refractivity contribution in [1.29, 1.82) is 0 Å². The summed E-state index contributed by atoms with van der Waals surface area (Å²) in [5.74, 6) is 0.805. The molecule has 4 heteroatoms. The summed E-state index contributed by atoms with van der Waals surface area (Å²) in [6.07, 6.45) is 1.34. The molecule has 0 aliphatic carbocycles. The molecule has 1 aromatic heterocycles. The second-order valence-electron chi connectivity index (χ2n) is 5.80. The van der Waals surface area contributed by atoms with Crippen molar-refractivity contribution in [1.82, 2.24) is 15.3 Å². The molecule has 3 aromatic rings. The zero-order chi connectivity index (χ0) is 16.2. The molecule has 0 bridgehead atoms. The summed E-state index contributed by atoms with van der Waals surface area (Å²) in [5.41, 5.74) is 4.11. The molecule has 1 amide bonds. The van der Waals surface area contributed by atoms with Gasteiger partial charge in [0.15, 0.2) is 0 Å². The number of fused-ring (bicyclic) bond motifs is 1. The van der Waals surface area contributed by atoms with Crippen molar-refractivity contribution < 1.29 is 4.79 Å². The van der Waals surface area contributed by atoms with Gasteiger partial charge in [0.05, 0.1) is 11.0 Å². The van der Waals surface area contributed by atoms with E-state index in [9.17, 15) is 4.79 Å². The molecule has 23 heavy (non-hydrogen) atoms. The Morgan fingerprint density at radius 2 is 2.00 bits per heavy atom. The minimum Gasteiger partial charge on any atom is -0.342 e. The largest absolute Gasteiger partial charge is 0.342 e. The van der Waals surface area contributed by atoms with E-state index in [1.54, 1.807) is 0 Å². The van der Waals surface area contributed by atoms with Crippen LogP contribution in [0.4, 0.5) is 0 Å². The van der Waals surface area contributed by atoms with Crippen LogP contribution in [0.5, 0.6) is 0 Å². The average Bonchev–Trinajstić information content (AvgIpc) is 2.96. The van der Waals surface area contributed by atoms with Crippen LogP contribution in [-0.4, -0.2) is 15.9 Å². The van der Waals surface area contributed by atoms with E-state index in [0.29, 0.717) is 6.42 Å². The predicted octanol–water partition coefficient (Wildman–Crippen LogP) is 3.88. The Balaban J connectivity index is 2.00. The topological polar surface area (TPSA) is 57.8 Å². The molecular formula is C19H21N3O. The number of H-pyrrole nitrogens is 1. The third kappa shape index (κ3) is 3.42. The Hall–Kier alpha value is -2.62. The number of amides is 1. The van der Waals surface area contributed by atoms with Gasteiger partial charge in [0.1, 0.15) is 11.9 Å². The lowest BCUT2D eigenvalue weighted by Crippen LogP contribution is -2.29. The first-order valence-electron chi connectivity index (χ1n) is 7.98. The first-order chi connectivity index (χ1) is 11.2. The number of hydrogen-bond donors (Lipinski definition) is 2. The highest BCUT2D eigenvalue weighted by Crippen LogP contribution is 2.23. The van der Waals surface area contributed by atoms with Crippen LogP contribution in [-0.2, 0) is 4.79 Å². The summed E-state index contributed by atoms with van der Waals surface area (Å²) in [5, 5.41) is 3.09. The van der Waals surface area contributed by atoms with Crippen LogP contribution in [0.25, 0.3) is 11.0 Å². The molecule has 3 rings (SSSR count). The van der Waals surface area contributed by atoms with Crippen molar-refractivity contribution in [2.75, 3.05) is 0 Å². The van der Waals surface area contributed by atoms with Crippen molar-refractivity contribution in [2.24, 2.45) is 0 Å². The molecule has 1 heterocycles. The summed E-state index contributed by atoms with van der Waals surface area (Å²) >= 11 is 0. The smallest absolute Gasteiger partial charge is 0.220 e. The highest BCUT2D eigenvalue weighted by Gasteiger charge is 2.20. The van der Waals surface area contributed by atoms with Crippen LogP contribution in [0.1, 0.15) is 42.8 Å². The minimum absolute atomic E-state index is 0.0398. The summed E-state index contributed by atoms with van der Waals surface area (Å²) < 4.78 is 0. The predicted molar refractivity (Wildman–Crippen MR) is 92.2 cm³/mol. The lowest BCUT2D eigenvalue weighted by Gasteiger charge is -2.17. The van der Waals surface area contributed by atoms with E-state index in [-0.39, 0.29) is 11.9 Å². The van der Waals surface area contributed by atoms with Gasteiger partial charge >= 0.3 is 0 Å². The van der Waals surface area contributed by atoms with Crippen LogP contribution < -0.4 is 5.32 Å². The molecule has 4 nitrogen and oxygen atoms in total. The van der Waals surface area contributed by atoms with Crippen LogP contribution in [0, 0.1) is 6.92 Å². The number of carbonyl (C=O) groups is 1. The lowest BCUT2D eigenvalue weighted by atomic mass is 10.1. The summed E-state index contributed by atoms with van der Waals surface area (Å²) in [7, 11) is 0. The highest BCUT2D eigenvalue weighted by atomic mass is 16.1. The van der Waals surface area contributed by atoms with E-state index in [1.165, 1.54) is 5.56 Å². The molecule has 0 fully saturated rings. The van der Waals surface area contributed by atoms with Gasteiger partial charge in [0, 0.05) is 6.42 Å². The second kappa shape index (κ2) is 6.65. The molecule has 0 aliphatic rings. The fourth-order valence-corrected chi connectivity index (χ4v) is 2.70. The molecule has 2 N–H and O–H groups in total. The number of imidazole rings is 1. The SMILES string of the molecule is CCCC(=O)NC(c1ccccc1)c1nc2ccc(C)cc2[nH]1. The zero-order valence-corrected chi connectivity index (χ0v) is 13.5. The van der Waals surface area contributed by atoms with Crippen LogP contribution in [0.15, 0.2) is 48.5 Å². The van der Waals surface area contributed by atoms with Gasteiger partial charge < -0.3 is 10.3 Å². The van der Waals surface area contributed by atoms with E-state index in [0.717, 1.165) is 28.8 Å². The maximum Gasteiger partial charge on any atom is 0.220 e. The monoisotopic (exact) mass is 307 g/mol. The van der Waals surface area contributed by atoms with Gasteiger partial charge in [0.2, 0.25) is 5.91 Å². The van der Waals surface area contributed by atoms with Gasteiger partial charge in [-0.15, -0.1) is 0 Å². The molecule has 0 saturated heterocycles. The molecule has 1 unspecified atom stereocenters. The molecule has 1 atom stereocenters. The van der Waals surface area contributed by atoms with E-state index >= 15 is 0 Å². The quantitative estimate of drug-likeness (QED) is 0.751. The molecular weight excluding hydrogens is 286 g/mol. The maximum absolute atomic E-state index is 12.1. The van der Waals surface area contributed by atoms with Gasteiger partial charge in [-0.2, -0.15) is 0 Å². The van der Waals surface area contributed by atoms with Crippen molar-refractivity contribution >= 4 is 16.9 Å². The minimum atomic E-state index is -0.261. The van der Waals surface area contributed by atoms with Gasteiger partial charge in [0.25, 0.3) is 0 Å². The molecule has 0 aliphatic heterocycles. The Bertz CT molecular complexity index is 808. The maximum atomic E-state index is 12.1. The molecule has 118 valence electrons. The highest BCUT2D eigenvalue weighted by molar-refractivity contribution is 5.78. The van der Waals surface area contributed by atoms with E-state index in [2.05, 4.69) is 28.3 Å². The Kier molecular flexibility index (Phi) is 4.42. The number of nitrogens with zero attached hydrogens (tertiary/aromatic N) is 1. The number of hydrogen-bond acceptors (Lipinski definition) is 2. The molecule has 0 radical (unpaired) electrons. The summed E-state index contributed by atoms with van der Waals surface area (Å²) in [6.45, 7) is 4.05. The van der Waals surface area contributed by atoms with Crippen molar-refractivity contribution in [2.45, 2.75) is 32.7 Å². The lowest BCUT2D eigenvalue weighted by molar-refractivity contribution is -0.121. The molecule has 0 spiro atoms. The van der Waals surface area contributed by atoms with Crippen LogP contribution in [0.2, 0.25) is 0 Å². The third-order valence-corrected chi connectivity index (χ3v) is 3.84. The Morgan fingerprint density at radius 1 is 1.22 bits per heavy atom. The van der Waals surface area contributed by atoms with E-state index < -0.39 is 0 Å². The second-order valence-corrected chi connectivity index (χ2v) is 5.80. The first kappa shape index (κ1) is 15.3. The fraction of sp³-hybridized carbons (Fsp3) is 0.263. The van der Waals surface area contributed by atoms with Crippen molar-refractivity contribution in [3.63, 3.8) is 0 Å². The number of aromatic amines is 1. The Morgan fingerprint density at radius 3 is 2.74 bits per heavy atom. The number of rotatable bonds is 5. The molecule has 2 aromatic carbocycles. The third-order valence-electron chi connectivity index (χ3n) is 3.84. The number of aromatic nitrogens is 2. The summed E-state index contributed by atoms with van der Waals surface area (Å²) in [4.78, 5) is 20.1. The number of benzene rings is 2. The zero-order valence-electron chi connectivity index (χ0n) is 13.5. The van der Waals surface area contributed by atoms with E-state index in [4.69, 9.17) is 0 Å². The van der Waals surface area contributed by atoms with Crippen LogP contribution in [0.3, 0.4) is 0 Å². The van der Waals surface area contributed by atoms with Gasteiger partial charge in [-0.1, -0.05) is 43.3 Å². The van der Waals surface area contributed by atoms with Crippen molar-refractivity contribution in [3.05, 3.63) is 65.5 Å². The van der Waals surface area contributed by atoms with Crippen LogP contribution >= 0.6 is 0 Å². The molecule has 0 saturated carbocycles. The standard InChI is InChI=1S/C19H21N3O/c1-3-7-17(23)22-18(14-8-5-4-6-9-14)19-20-15-11-10-13(2)12-16(15)21-19/h4-6,8-12,18H,3,7H2,1-2H3,(H,20,21)(H,22,23). The Labute approximate surface area is 136 Å². The fourth-order valence-electron chi connectivity index (χ4n) is 2.70.